The molecule has 3 aromatic carbocycles. The number of hydrogen-bond acceptors (Lipinski definition) is 5. The molecule has 0 saturated carbocycles. The molecule has 0 unspecified atom stereocenters. The van der Waals surface area contributed by atoms with Gasteiger partial charge >= 0.3 is 5.97 Å². The van der Waals surface area contributed by atoms with Crippen molar-refractivity contribution in [3.05, 3.63) is 83.4 Å². The second-order valence-corrected chi connectivity index (χ2v) is 7.53. The van der Waals surface area contributed by atoms with Crippen molar-refractivity contribution in [3.8, 4) is 23.0 Å². The summed E-state index contributed by atoms with van der Waals surface area (Å²) in [5, 5.41) is 0. The molecule has 0 spiro atoms. The smallest absolute Gasteiger partial charge is 0.322 e. The fourth-order valence-electron chi connectivity index (χ4n) is 4.66. The van der Waals surface area contributed by atoms with Crippen molar-refractivity contribution < 1.29 is 23.7 Å². The zero-order chi connectivity index (χ0) is 20.7. The standard InChI is InChI=1S/C25H22O5/c1-3-25(17-7-5-4-6-8-17)23(16-9-11-18(27-2)12-10-16)19-13-21-22(29-15-28-21)14-20(19)30-24(25)26/h4-14,23H,3,15H2,1-2H3/t23-,25-/m0/s1. The van der Waals surface area contributed by atoms with Gasteiger partial charge in [0, 0.05) is 17.5 Å². The van der Waals surface area contributed by atoms with Gasteiger partial charge in [-0.3, -0.25) is 4.79 Å². The summed E-state index contributed by atoms with van der Waals surface area (Å²) in [5.41, 5.74) is 1.99. The van der Waals surface area contributed by atoms with Crippen molar-refractivity contribution in [2.24, 2.45) is 0 Å². The third kappa shape index (κ3) is 2.65. The highest BCUT2D eigenvalue weighted by atomic mass is 16.7. The Kier molecular flexibility index (Phi) is 4.39. The number of esters is 1. The van der Waals surface area contributed by atoms with Crippen LogP contribution in [-0.4, -0.2) is 19.9 Å². The Balaban J connectivity index is 1.78. The minimum Gasteiger partial charge on any atom is -0.497 e. The van der Waals surface area contributed by atoms with Gasteiger partial charge in [-0.05, 0) is 35.7 Å². The number of fused-ring (bicyclic) bond motifs is 2. The molecule has 152 valence electrons. The lowest BCUT2D eigenvalue weighted by atomic mass is 9.62. The first-order valence-corrected chi connectivity index (χ1v) is 10.0. The van der Waals surface area contributed by atoms with Crippen molar-refractivity contribution in [2.75, 3.05) is 13.9 Å². The van der Waals surface area contributed by atoms with E-state index in [1.165, 1.54) is 0 Å². The minimum absolute atomic E-state index is 0.164. The SMILES string of the molecule is CC[C@@]1(c2ccccc2)C(=O)Oc2cc3c(cc2[C@@H]1c1ccc(OC)cc1)OCO3. The molecule has 0 aromatic heterocycles. The summed E-state index contributed by atoms with van der Waals surface area (Å²) in [6.07, 6.45) is 0.584. The van der Waals surface area contributed by atoms with Crippen molar-refractivity contribution >= 4 is 5.97 Å². The van der Waals surface area contributed by atoms with Gasteiger partial charge in [-0.1, -0.05) is 49.4 Å². The lowest BCUT2D eigenvalue weighted by molar-refractivity contribution is -0.143. The molecule has 5 rings (SSSR count). The quantitative estimate of drug-likeness (QED) is 0.462. The van der Waals surface area contributed by atoms with Gasteiger partial charge in [0.15, 0.2) is 11.5 Å². The molecule has 0 fully saturated rings. The summed E-state index contributed by atoms with van der Waals surface area (Å²) in [5.74, 6) is 2.04. The average molecular weight is 402 g/mol. The summed E-state index contributed by atoms with van der Waals surface area (Å²) in [6, 6.07) is 21.5. The Morgan fingerprint density at radius 1 is 0.967 bits per heavy atom. The summed E-state index contributed by atoms with van der Waals surface area (Å²) < 4.78 is 22.4. The highest BCUT2D eigenvalue weighted by molar-refractivity contribution is 5.90. The normalized spacial score (nSPS) is 21.7. The minimum atomic E-state index is -0.865. The first-order chi connectivity index (χ1) is 14.7. The van der Waals surface area contributed by atoms with Gasteiger partial charge in [0.05, 0.1) is 7.11 Å². The van der Waals surface area contributed by atoms with Crippen LogP contribution in [0.25, 0.3) is 0 Å². The molecule has 0 saturated heterocycles. The molecule has 2 atom stereocenters. The van der Waals surface area contributed by atoms with Crippen LogP contribution >= 0.6 is 0 Å². The van der Waals surface area contributed by atoms with Crippen LogP contribution in [0.3, 0.4) is 0 Å². The monoisotopic (exact) mass is 402 g/mol. The number of ether oxygens (including phenoxy) is 4. The Bertz CT molecular complexity index is 1090. The van der Waals surface area contributed by atoms with Gasteiger partial charge in [0.2, 0.25) is 6.79 Å². The molecule has 2 aliphatic rings. The molecule has 30 heavy (non-hydrogen) atoms. The second-order valence-electron chi connectivity index (χ2n) is 7.53. The summed E-state index contributed by atoms with van der Waals surface area (Å²) in [6.45, 7) is 2.19. The lowest BCUT2D eigenvalue weighted by Crippen LogP contribution is -2.47. The number of hydrogen-bond donors (Lipinski definition) is 0. The summed E-state index contributed by atoms with van der Waals surface area (Å²) >= 11 is 0. The van der Waals surface area contributed by atoms with E-state index in [0.717, 1.165) is 22.4 Å². The maximum Gasteiger partial charge on any atom is 0.322 e. The van der Waals surface area contributed by atoms with Gasteiger partial charge in [-0.2, -0.15) is 0 Å². The van der Waals surface area contributed by atoms with E-state index in [1.807, 2.05) is 67.6 Å². The van der Waals surface area contributed by atoms with Crippen molar-refractivity contribution in [1.82, 2.24) is 0 Å². The molecule has 2 aliphatic heterocycles. The Labute approximate surface area is 175 Å². The van der Waals surface area contributed by atoms with Crippen LogP contribution in [0.4, 0.5) is 0 Å². The first kappa shape index (κ1) is 18.6. The van der Waals surface area contributed by atoms with E-state index in [1.54, 1.807) is 13.2 Å². The van der Waals surface area contributed by atoms with E-state index in [4.69, 9.17) is 18.9 Å². The largest absolute Gasteiger partial charge is 0.497 e. The molecule has 2 heterocycles. The van der Waals surface area contributed by atoms with E-state index in [2.05, 4.69) is 0 Å². The lowest BCUT2D eigenvalue weighted by Gasteiger charge is -2.43. The highest BCUT2D eigenvalue weighted by Gasteiger charge is 2.53. The van der Waals surface area contributed by atoms with Gasteiger partial charge in [-0.15, -0.1) is 0 Å². The summed E-state index contributed by atoms with van der Waals surface area (Å²) in [7, 11) is 1.64. The van der Waals surface area contributed by atoms with E-state index >= 15 is 0 Å². The van der Waals surface area contributed by atoms with Gasteiger partial charge < -0.3 is 18.9 Å². The molecule has 0 amide bonds. The zero-order valence-electron chi connectivity index (χ0n) is 16.9. The molecular formula is C25H22O5. The van der Waals surface area contributed by atoms with E-state index in [9.17, 15) is 4.79 Å². The van der Waals surface area contributed by atoms with Gasteiger partial charge in [-0.25, -0.2) is 0 Å². The molecule has 3 aromatic rings. The molecule has 5 heteroatoms. The van der Waals surface area contributed by atoms with Crippen LogP contribution in [0, 0.1) is 0 Å². The summed E-state index contributed by atoms with van der Waals surface area (Å²) in [4.78, 5) is 13.6. The third-order valence-electron chi connectivity index (χ3n) is 6.17. The predicted molar refractivity (Wildman–Crippen MR) is 111 cm³/mol. The Morgan fingerprint density at radius 2 is 1.67 bits per heavy atom. The Hall–Kier alpha value is -3.47. The van der Waals surface area contributed by atoms with Gasteiger partial charge in [0.25, 0.3) is 0 Å². The number of rotatable bonds is 4. The second kappa shape index (κ2) is 7.10. The van der Waals surface area contributed by atoms with Crippen LogP contribution in [0.2, 0.25) is 0 Å². The van der Waals surface area contributed by atoms with Crippen molar-refractivity contribution in [3.63, 3.8) is 0 Å². The number of methoxy groups -OCH3 is 1. The maximum atomic E-state index is 13.6. The maximum absolute atomic E-state index is 13.6. The van der Waals surface area contributed by atoms with Gasteiger partial charge in [0.1, 0.15) is 16.9 Å². The van der Waals surface area contributed by atoms with Crippen LogP contribution in [-0.2, 0) is 10.2 Å². The Morgan fingerprint density at radius 3 is 2.33 bits per heavy atom. The van der Waals surface area contributed by atoms with E-state index in [-0.39, 0.29) is 18.7 Å². The molecule has 0 N–H and O–H groups in total. The highest BCUT2D eigenvalue weighted by Crippen LogP contribution is 2.55. The van der Waals surface area contributed by atoms with Crippen LogP contribution < -0.4 is 18.9 Å². The van der Waals surface area contributed by atoms with E-state index in [0.29, 0.717) is 23.7 Å². The molecule has 0 radical (unpaired) electrons. The number of benzene rings is 3. The first-order valence-electron chi connectivity index (χ1n) is 10.0. The number of carbonyl (C=O) groups excluding carboxylic acids is 1. The molecule has 5 nitrogen and oxygen atoms in total. The molecule has 0 bridgehead atoms. The predicted octanol–water partition coefficient (Wildman–Crippen LogP) is 4.82. The van der Waals surface area contributed by atoms with Crippen LogP contribution in [0.5, 0.6) is 23.0 Å². The zero-order valence-corrected chi connectivity index (χ0v) is 16.9. The fraction of sp³-hybridized carbons (Fsp3) is 0.240. The van der Waals surface area contributed by atoms with Crippen LogP contribution in [0.1, 0.15) is 36.0 Å². The molecule has 0 aliphatic carbocycles. The van der Waals surface area contributed by atoms with Crippen LogP contribution in [0.15, 0.2) is 66.7 Å². The van der Waals surface area contributed by atoms with E-state index < -0.39 is 5.41 Å². The topological polar surface area (TPSA) is 54.0 Å². The number of carbonyl (C=O) groups is 1. The third-order valence-corrected chi connectivity index (χ3v) is 6.17. The fourth-order valence-corrected chi connectivity index (χ4v) is 4.66. The average Bonchev–Trinajstić information content (AvgIpc) is 3.25. The van der Waals surface area contributed by atoms with Crippen molar-refractivity contribution in [2.45, 2.75) is 24.7 Å². The molecular weight excluding hydrogens is 380 g/mol. The van der Waals surface area contributed by atoms with Crippen molar-refractivity contribution in [1.29, 1.82) is 0 Å².